The molecule has 2 nitrogen and oxygen atoms in total. The molecule has 14 heavy (non-hydrogen) atoms. The van der Waals surface area contributed by atoms with Gasteiger partial charge in [-0.15, -0.1) is 0 Å². The van der Waals surface area contributed by atoms with Crippen LogP contribution in [0.15, 0.2) is 22.2 Å². The number of halogens is 2. The maximum absolute atomic E-state index is 10.8. The molecule has 0 aliphatic heterocycles. The lowest BCUT2D eigenvalue weighted by Gasteiger charge is -2.15. The Morgan fingerprint density at radius 2 is 2.00 bits per heavy atom. The van der Waals surface area contributed by atoms with Gasteiger partial charge in [-0.05, 0) is 19.4 Å². The van der Waals surface area contributed by atoms with Crippen LogP contribution in [0.3, 0.4) is 0 Å². The van der Waals surface area contributed by atoms with E-state index in [2.05, 4.69) is 0 Å². The molecule has 0 N–H and O–H groups in total. The maximum Gasteiger partial charge on any atom is 0.303 e. The maximum atomic E-state index is 10.8. The van der Waals surface area contributed by atoms with Crippen LogP contribution in [-0.4, -0.2) is 12.1 Å². The SMILES string of the molecule is CC(=O)OC(CC=C(C)Cl)C(C)=CCl. The molecule has 0 bridgehead atoms. The summed E-state index contributed by atoms with van der Waals surface area (Å²) < 4.78 is 5.06. The Balaban J connectivity index is 4.40. The number of allylic oxidation sites excluding steroid dienone is 1. The summed E-state index contributed by atoms with van der Waals surface area (Å²) in [6.45, 7) is 4.94. The number of rotatable bonds is 4. The molecule has 0 rings (SSSR count). The summed E-state index contributed by atoms with van der Waals surface area (Å²) >= 11 is 11.2. The van der Waals surface area contributed by atoms with Crippen molar-refractivity contribution < 1.29 is 9.53 Å². The van der Waals surface area contributed by atoms with E-state index in [9.17, 15) is 4.79 Å². The lowest BCUT2D eigenvalue weighted by molar-refractivity contribution is -0.144. The zero-order valence-electron chi connectivity index (χ0n) is 8.51. The number of esters is 1. The van der Waals surface area contributed by atoms with Crippen molar-refractivity contribution in [2.45, 2.75) is 33.3 Å². The van der Waals surface area contributed by atoms with E-state index in [1.807, 2.05) is 0 Å². The molecule has 0 saturated heterocycles. The molecular weight excluding hydrogens is 223 g/mol. The zero-order chi connectivity index (χ0) is 11.1. The molecular formula is C10H14Cl2O2. The van der Waals surface area contributed by atoms with E-state index in [4.69, 9.17) is 27.9 Å². The standard InChI is InChI=1S/C10H14Cl2O2/c1-7(6-11)10(14-9(3)13)5-4-8(2)12/h4,6,10H,5H2,1-3H3. The van der Waals surface area contributed by atoms with E-state index in [0.717, 1.165) is 5.57 Å². The molecule has 0 aromatic carbocycles. The van der Waals surface area contributed by atoms with Crippen molar-refractivity contribution in [2.24, 2.45) is 0 Å². The van der Waals surface area contributed by atoms with Crippen LogP contribution in [0, 0.1) is 0 Å². The van der Waals surface area contributed by atoms with Crippen LogP contribution >= 0.6 is 23.2 Å². The number of carbonyl (C=O) groups excluding carboxylic acids is 1. The molecule has 0 amide bonds. The summed E-state index contributed by atoms with van der Waals surface area (Å²) in [5.41, 5.74) is 2.21. The molecule has 80 valence electrons. The van der Waals surface area contributed by atoms with Crippen molar-refractivity contribution in [1.82, 2.24) is 0 Å². The fraction of sp³-hybridized carbons (Fsp3) is 0.500. The van der Waals surface area contributed by atoms with Crippen LogP contribution in [0.4, 0.5) is 0 Å². The van der Waals surface area contributed by atoms with Crippen LogP contribution in [0.2, 0.25) is 0 Å². The summed E-state index contributed by atoms with van der Waals surface area (Å²) in [4.78, 5) is 10.8. The number of hydrogen-bond donors (Lipinski definition) is 0. The van der Waals surface area contributed by atoms with E-state index < -0.39 is 0 Å². The first-order valence-corrected chi connectivity index (χ1v) is 5.05. The second kappa shape index (κ2) is 6.91. The van der Waals surface area contributed by atoms with E-state index in [1.165, 1.54) is 12.5 Å². The Labute approximate surface area is 94.5 Å². The van der Waals surface area contributed by atoms with Crippen molar-refractivity contribution in [3.05, 3.63) is 22.2 Å². The Bertz CT molecular complexity index is 253. The molecule has 0 fully saturated rings. The van der Waals surface area contributed by atoms with Gasteiger partial charge in [0.25, 0.3) is 0 Å². The molecule has 0 aliphatic carbocycles. The molecule has 0 saturated carbocycles. The number of carbonyl (C=O) groups is 1. The van der Waals surface area contributed by atoms with E-state index in [1.54, 1.807) is 19.9 Å². The highest BCUT2D eigenvalue weighted by Crippen LogP contribution is 2.14. The Morgan fingerprint density at radius 3 is 2.36 bits per heavy atom. The smallest absolute Gasteiger partial charge is 0.303 e. The average Bonchev–Trinajstić information content (AvgIpc) is 2.10. The van der Waals surface area contributed by atoms with E-state index >= 15 is 0 Å². The first-order valence-electron chi connectivity index (χ1n) is 4.23. The number of ether oxygens (including phenoxy) is 1. The fourth-order valence-electron chi connectivity index (χ4n) is 0.867. The van der Waals surface area contributed by atoms with Crippen molar-refractivity contribution in [1.29, 1.82) is 0 Å². The van der Waals surface area contributed by atoms with Crippen LogP contribution < -0.4 is 0 Å². The normalized spacial score (nSPS) is 15.2. The van der Waals surface area contributed by atoms with E-state index in [0.29, 0.717) is 11.5 Å². The predicted molar refractivity (Wildman–Crippen MR) is 59.4 cm³/mol. The molecule has 1 atom stereocenters. The Hall–Kier alpha value is -0.470. The third kappa shape index (κ3) is 6.06. The highest BCUT2D eigenvalue weighted by molar-refractivity contribution is 6.29. The summed E-state index contributed by atoms with van der Waals surface area (Å²) in [5, 5.41) is 0.671. The Kier molecular flexibility index (Phi) is 6.67. The summed E-state index contributed by atoms with van der Waals surface area (Å²) in [6, 6.07) is 0. The fourth-order valence-corrected chi connectivity index (χ4v) is 1.10. The van der Waals surface area contributed by atoms with Gasteiger partial charge in [-0.1, -0.05) is 29.3 Å². The van der Waals surface area contributed by atoms with E-state index in [-0.39, 0.29) is 12.1 Å². The second-order valence-electron chi connectivity index (χ2n) is 2.98. The van der Waals surface area contributed by atoms with Gasteiger partial charge >= 0.3 is 5.97 Å². The molecule has 0 heterocycles. The molecule has 0 radical (unpaired) electrons. The minimum Gasteiger partial charge on any atom is -0.458 e. The second-order valence-corrected chi connectivity index (χ2v) is 3.79. The highest BCUT2D eigenvalue weighted by Gasteiger charge is 2.12. The molecule has 1 unspecified atom stereocenters. The van der Waals surface area contributed by atoms with Crippen molar-refractivity contribution in [2.75, 3.05) is 0 Å². The zero-order valence-corrected chi connectivity index (χ0v) is 10.0. The summed E-state index contributed by atoms with van der Waals surface area (Å²) in [6.07, 6.45) is 2.02. The van der Waals surface area contributed by atoms with Gasteiger partial charge in [-0.3, -0.25) is 4.79 Å². The highest BCUT2D eigenvalue weighted by atomic mass is 35.5. The molecule has 0 spiro atoms. The quantitative estimate of drug-likeness (QED) is 0.698. The van der Waals surface area contributed by atoms with Crippen molar-refractivity contribution in [3.8, 4) is 0 Å². The largest absolute Gasteiger partial charge is 0.458 e. The topological polar surface area (TPSA) is 26.3 Å². The summed E-state index contributed by atoms with van der Waals surface area (Å²) in [5.74, 6) is -0.325. The van der Waals surface area contributed by atoms with Crippen LogP contribution in [0.1, 0.15) is 27.2 Å². The van der Waals surface area contributed by atoms with Gasteiger partial charge < -0.3 is 4.74 Å². The van der Waals surface area contributed by atoms with Crippen LogP contribution in [-0.2, 0) is 9.53 Å². The van der Waals surface area contributed by atoms with Gasteiger partial charge in [-0.2, -0.15) is 0 Å². The van der Waals surface area contributed by atoms with Crippen LogP contribution in [0.5, 0.6) is 0 Å². The van der Waals surface area contributed by atoms with Crippen LogP contribution in [0.25, 0.3) is 0 Å². The van der Waals surface area contributed by atoms with Gasteiger partial charge in [0.05, 0.1) is 0 Å². The molecule has 0 aromatic heterocycles. The van der Waals surface area contributed by atoms with Gasteiger partial charge in [0.2, 0.25) is 0 Å². The van der Waals surface area contributed by atoms with Gasteiger partial charge in [-0.25, -0.2) is 0 Å². The van der Waals surface area contributed by atoms with Gasteiger partial charge in [0.15, 0.2) is 0 Å². The third-order valence-electron chi connectivity index (χ3n) is 1.60. The monoisotopic (exact) mass is 236 g/mol. The molecule has 4 heteroatoms. The first-order chi connectivity index (χ1) is 6.47. The minimum absolute atomic E-state index is 0.321. The van der Waals surface area contributed by atoms with Gasteiger partial charge in [0, 0.05) is 23.9 Å². The predicted octanol–water partition coefficient (Wildman–Crippen LogP) is 3.59. The summed E-state index contributed by atoms with van der Waals surface area (Å²) in [7, 11) is 0. The molecule has 0 aromatic rings. The number of hydrogen-bond acceptors (Lipinski definition) is 2. The van der Waals surface area contributed by atoms with Gasteiger partial charge in [0.1, 0.15) is 6.10 Å². The van der Waals surface area contributed by atoms with Crippen molar-refractivity contribution in [3.63, 3.8) is 0 Å². The molecule has 0 aliphatic rings. The lowest BCUT2D eigenvalue weighted by Crippen LogP contribution is -2.16. The Morgan fingerprint density at radius 1 is 1.43 bits per heavy atom. The third-order valence-corrected chi connectivity index (χ3v) is 2.10. The van der Waals surface area contributed by atoms with Crippen molar-refractivity contribution >= 4 is 29.2 Å². The average molecular weight is 237 g/mol. The first kappa shape index (κ1) is 13.5. The lowest BCUT2D eigenvalue weighted by atomic mass is 10.1. The minimum atomic E-state index is -0.325.